The first-order valence-corrected chi connectivity index (χ1v) is 10.5. The normalized spacial score (nSPS) is 12.9. The number of carbonyl (C=O) groups excluding carboxylic acids is 1. The second-order valence-electron chi connectivity index (χ2n) is 6.36. The van der Waals surface area contributed by atoms with Gasteiger partial charge < -0.3 is 19.2 Å². The molecule has 1 aromatic heterocycles. The number of amides is 1. The molecule has 2 aromatic carbocycles. The van der Waals surface area contributed by atoms with Gasteiger partial charge >= 0.3 is 0 Å². The molecule has 0 spiro atoms. The summed E-state index contributed by atoms with van der Waals surface area (Å²) in [5, 5.41) is 2.73. The highest BCUT2D eigenvalue weighted by atomic mass is 32.2. The largest absolute Gasteiger partial charge is 0.468 e. The highest BCUT2D eigenvalue weighted by molar-refractivity contribution is 7.89. The first kappa shape index (κ1) is 19.7. The molecular formula is C21H18N2O6S. The lowest BCUT2D eigenvalue weighted by molar-refractivity contribution is -0.111. The van der Waals surface area contributed by atoms with Gasteiger partial charge in [-0.05, 0) is 48.0 Å². The second-order valence-corrected chi connectivity index (χ2v) is 8.13. The molecule has 0 bridgehead atoms. The summed E-state index contributed by atoms with van der Waals surface area (Å²) in [7, 11) is -3.67. The summed E-state index contributed by atoms with van der Waals surface area (Å²) in [6.45, 7) is 0.230. The fourth-order valence-electron chi connectivity index (χ4n) is 2.75. The Hall–Kier alpha value is -3.56. The van der Waals surface area contributed by atoms with Crippen LogP contribution in [0.3, 0.4) is 0 Å². The van der Waals surface area contributed by atoms with Crippen molar-refractivity contribution in [2.24, 2.45) is 0 Å². The maximum atomic E-state index is 12.3. The van der Waals surface area contributed by atoms with Crippen LogP contribution in [0.15, 0.2) is 76.2 Å². The molecule has 0 unspecified atom stereocenters. The summed E-state index contributed by atoms with van der Waals surface area (Å²) in [6.07, 6.45) is 4.44. The minimum absolute atomic E-state index is 0.0665. The highest BCUT2D eigenvalue weighted by Gasteiger charge is 2.15. The molecule has 0 fully saturated rings. The quantitative estimate of drug-likeness (QED) is 0.562. The predicted octanol–water partition coefficient (Wildman–Crippen LogP) is 3.14. The lowest BCUT2D eigenvalue weighted by atomic mass is 10.2. The number of fused-ring (bicyclic) bond motifs is 1. The van der Waals surface area contributed by atoms with E-state index >= 15 is 0 Å². The zero-order valence-electron chi connectivity index (χ0n) is 15.7. The third-order valence-corrected chi connectivity index (χ3v) is 5.69. The fourth-order valence-corrected chi connectivity index (χ4v) is 3.74. The zero-order valence-corrected chi connectivity index (χ0v) is 16.5. The standard InChI is InChI=1S/C21H18N2O6S/c24-21(23-16-6-9-19-20(12-16)29-14-28-19)10-5-15-3-7-18(8-4-15)30(25,26)22-13-17-2-1-11-27-17/h1-12,22H,13-14H2,(H,23,24). The van der Waals surface area contributed by atoms with Gasteiger partial charge in [0.1, 0.15) is 5.76 Å². The van der Waals surface area contributed by atoms with Crippen molar-refractivity contribution in [3.63, 3.8) is 0 Å². The molecule has 0 saturated heterocycles. The first-order chi connectivity index (χ1) is 14.5. The Morgan fingerprint density at radius 1 is 1.03 bits per heavy atom. The lowest BCUT2D eigenvalue weighted by Crippen LogP contribution is -2.22. The van der Waals surface area contributed by atoms with Gasteiger partial charge in [0.2, 0.25) is 22.7 Å². The Morgan fingerprint density at radius 2 is 1.83 bits per heavy atom. The zero-order chi connectivity index (χ0) is 21.0. The molecule has 30 heavy (non-hydrogen) atoms. The summed E-state index contributed by atoms with van der Waals surface area (Å²) in [5.41, 5.74) is 1.26. The van der Waals surface area contributed by atoms with E-state index in [9.17, 15) is 13.2 Å². The number of carbonyl (C=O) groups is 1. The van der Waals surface area contributed by atoms with Crippen LogP contribution in [0.25, 0.3) is 6.08 Å². The number of sulfonamides is 1. The molecular weight excluding hydrogens is 408 g/mol. The van der Waals surface area contributed by atoms with Crippen molar-refractivity contribution >= 4 is 27.7 Å². The molecule has 3 aromatic rings. The molecule has 0 radical (unpaired) electrons. The Kier molecular flexibility index (Phi) is 5.55. The Balaban J connectivity index is 1.35. The number of anilines is 1. The smallest absolute Gasteiger partial charge is 0.248 e. The van der Waals surface area contributed by atoms with Crippen molar-refractivity contribution in [2.75, 3.05) is 12.1 Å². The molecule has 1 aliphatic rings. The van der Waals surface area contributed by atoms with Gasteiger partial charge in [-0.3, -0.25) is 4.79 Å². The third-order valence-electron chi connectivity index (χ3n) is 4.27. The molecule has 2 N–H and O–H groups in total. The van der Waals surface area contributed by atoms with Crippen molar-refractivity contribution in [1.29, 1.82) is 0 Å². The summed E-state index contributed by atoms with van der Waals surface area (Å²) in [5.74, 6) is 1.41. The molecule has 0 saturated carbocycles. The molecule has 0 aliphatic carbocycles. The van der Waals surface area contributed by atoms with Crippen LogP contribution in [0.4, 0.5) is 5.69 Å². The Bertz CT molecular complexity index is 1170. The maximum Gasteiger partial charge on any atom is 0.248 e. The van der Waals surface area contributed by atoms with Gasteiger partial charge in [-0.15, -0.1) is 0 Å². The van der Waals surface area contributed by atoms with Gasteiger partial charge in [0.05, 0.1) is 17.7 Å². The van der Waals surface area contributed by atoms with Crippen molar-refractivity contribution < 1.29 is 27.1 Å². The van der Waals surface area contributed by atoms with Crippen molar-refractivity contribution in [2.45, 2.75) is 11.4 Å². The average molecular weight is 426 g/mol. The van der Waals surface area contributed by atoms with E-state index < -0.39 is 10.0 Å². The molecule has 9 heteroatoms. The fraction of sp³-hybridized carbons (Fsp3) is 0.0952. The van der Waals surface area contributed by atoms with E-state index in [-0.39, 0.29) is 24.1 Å². The number of rotatable bonds is 7. The van der Waals surface area contributed by atoms with Crippen LogP contribution in [0, 0.1) is 0 Å². The van der Waals surface area contributed by atoms with E-state index in [1.165, 1.54) is 24.5 Å². The monoisotopic (exact) mass is 426 g/mol. The second kappa shape index (κ2) is 8.44. The van der Waals surface area contributed by atoms with Crippen LogP contribution in [-0.4, -0.2) is 21.1 Å². The number of furan rings is 1. The molecule has 154 valence electrons. The molecule has 1 amide bonds. The number of hydrogen-bond donors (Lipinski definition) is 2. The van der Waals surface area contributed by atoms with Crippen molar-refractivity contribution in [3.05, 3.63) is 78.3 Å². The number of hydrogen-bond acceptors (Lipinski definition) is 6. The summed E-state index contributed by atoms with van der Waals surface area (Å²) >= 11 is 0. The van der Waals surface area contributed by atoms with Crippen LogP contribution >= 0.6 is 0 Å². The van der Waals surface area contributed by atoms with Gasteiger partial charge in [-0.1, -0.05) is 12.1 Å². The van der Waals surface area contributed by atoms with E-state index in [1.807, 2.05) is 0 Å². The Labute approximate surface area is 173 Å². The summed E-state index contributed by atoms with van der Waals surface area (Å²) in [4.78, 5) is 12.2. The van der Waals surface area contributed by atoms with E-state index in [4.69, 9.17) is 13.9 Å². The topological polar surface area (TPSA) is 107 Å². The molecule has 0 atom stereocenters. The van der Waals surface area contributed by atoms with Gasteiger partial charge in [-0.25, -0.2) is 13.1 Å². The van der Waals surface area contributed by atoms with Crippen LogP contribution in [0.5, 0.6) is 11.5 Å². The number of benzene rings is 2. The molecule has 8 nitrogen and oxygen atoms in total. The molecule has 2 heterocycles. The van der Waals surface area contributed by atoms with Gasteiger partial charge in [-0.2, -0.15) is 0 Å². The summed E-state index contributed by atoms with van der Waals surface area (Å²) < 4.78 is 42.8. The van der Waals surface area contributed by atoms with Crippen molar-refractivity contribution in [1.82, 2.24) is 4.72 Å². The van der Waals surface area contributed by atoms with E-state index in [1.54, 1.807) is 48.5 Å². The van der Waals surface area contributed by atoms with Crippen LogP contribution in [0.2, 0.25) is 0 Å². The Morgan fingerprint density at radius 3 is 2.60 bits per heavy atom. The summed E-state index contributed by atoms with van der Waals surface area (Å²) in [6, 6.07) is 14.7. The van der Waals surface area contributed by atoms with E-state index in [0.717, 1.165) is 0 Å². The van der Waals surface area contributed by atoms with Gasteiger partial charge in [0, 0.05) is 17.8 Å². The highest BCUT2D eigenvalue weighted by Crippen LogP contribution is 2.34. The van der Waals surface area contributed by atoms with Crippen molar-refractivity contribution in [3.8, 4) is 11.5 Å². The van der Waals surface area contributed by atoms with Crippen LogP contribution in [0.1, 0.15) is 11.3 Å². The van der Waals surface area contributed by atoms with Crippen LogP contribution in [-0.2, 0) is 21.4 Å². The predicted molar refractivity (Wildman–Crippen MR) is 109 cm³/mol. The van der Waals surface area contributed by atoms with Gasteiger partial charge in [0.15, 0.2) is 11.5 Å². The maximum absolute atomic E-state index is 12.3. The number of ether oxygens (including phenoxy) is 2. The van der Waals surface area contributed by atoms with Crippen LogP contribution < -0.4 is 19.5 Å². The minimum atomic E-state index is -3.67. The SMILES string of the molecule is O=C(C=Cc1ccc(S(=O)(=O)NCc2ccco2)cc1)Nc1ccc2c(c1)OCO2. The third kappa shape index (κ3) is 4.70. The van der Waals surface area contributed by atoms with Gasteiger partial charge in [0.25, 0.3) is 0 Å². The van der Waals surface area contributed by atoms with E-state index in [2.05, 4.69) is 10.0 Å². The molecule has 1 aliphatic heterocycles. The molecule has 4 rings (SSSR count). The lowest BCUT2D eigenvalue weighted by Gasteiger charge is -2.06. The minimum Gasteiger partial charge on any atom is -0.468 e. The average Bonchev–Trinajstić information content (AvgIpc) is 3.42. The first-order valence-electron chi connectivity index (χ1n) is 9.00. The number of nitrogens with one attached hydrogen (secondary N) is 2. The van der Waals surface area contributed by atoms with E-state index in [0.29, 0.717) is 28.5 Å².